The van der Waals surface area contributed by atoms with Crippen LogP contribution >= 0.6 is 0 Å². The molecule has 1 unspecified atom stereocenters. The van der Waals surface area contributed by atoms with Crippen molar-refractivity contribution < 1.29 is 24.2 Å². The monoisotopic (exact) mass is 645 g/mol. The summed E-state index contributed by atoms with van der Waals surface area (Å²) >= 11 is 0. The Balaban J connectivity index is 3.66. The van der Waals surface area contributed by atoms with Crippen molar-refractivity contribution in [1.29, 1.82) is 0 Å². The lowest BCUT2D eigenvalue weighted by molar-refractivity contribution is -0.161. The van der Waals surface area contributed by atoms with Crippen molar-refractivity contribution in [2.75, 3.05) is 13.2 Å². The van der Waals surface area contributed by atoms with Gasteiger partial charge in [-0.25, -0.2) is 0 Å². The topological polar surface area (TPSA) is 72.8 Å². The fourth-order valence-electron chi connectivity index (χ4n) is 5.19. The molecule has 0 fully saturated rings. The first-order valence-electron chi connectivity index (χ1n) is 19.2. The molecule has 0 bridgehead atoms. The summed E-state index contributed by atoms with van der Waals surface area (Å²) in [5.41, 5.74) is 0. The molecule has 0 amide bonds. The van der Waals surface area contributed by atoms with Gasteiger partial charge < -0.3 is 14.6 Å². The third-order valence-corrected chi connectivity index (χ3v) is 8.13. The summed E-state index contributed by atoms with van der Waals surface area (Å²) in [6.07, 6.45) is 46.0. The molecule has 0 saturated carbocycles. The molecule has 0 heterocycles. The van der Waals surface area contributed by atoms with Gasteiger partial charge in [0.15, 0.2) is 6.10 Å². The molecule has 1 atom stereocenters. The number of carbonyl (C=O) groups excluding carboxylic acids is 2. The van der Waals surface area contributed by atoms with Gasteiger partial charge in [-0.1, -0.05) is 165 Å². The van der Waals surface area contributed by atoms with Crippen LogP contribution in [0.25, 0.3) is 0 Å². The molecule has 266 valence electrons. The highest BCUT2D eigenvalue weighted by Gasteiger charge is 2.15. The Kier molecular flexibility index (Phi) is 35.6. The molecule has 0 aliphatic rings. The molecule has 0 aromatic carbocycles. The zero-order chi connectivity index (χ0) is 33.6. The van der Waals surface area contributed by atoms with Crippen LogP contribution in [0.15, 0.2) is 48.6 Å². The molecule has 5 nitrogen and oxygen atoms in total. The Labute approximate surface area is 284 Å². The van der Waals surface area contributed by atoms with E-state index >= 15 is 0 Å². The number of allylic oxidation sites excluding steroid dienone is 8. The van der Waals surface area contributed by atoms with Crippen molar-refractivity contribution in [3.8, 4) is 0 Å². The quantitative estimate of drug-likeness (QED) is 0.0429. The molecule has 0 radical (unpaired) electrons. The van der Waals surface area contributed by atoms with E-state index in [9.17, 15) is 14.7 Å². The zero-order valence-electron chi connectivity index (χ0n) is 30.1. The van der Waals surface area contributed by atoms with E-state index in [0.29, 0.717) is 12.8 Å². The average molecular weight is 645 g/mol. The number of ether oxygens (including phenoxy) is 2. The first-order valence-corrected chi connectivity index (χ1v) is 19.2. The first kappa shape index (κ1) is 43.9. The van der Waals surface area contributed by atoms with Crippen molar-refractivity contribution in [1.82, 2.24) is 0 Å². The van der Waals surface area contributed by atoms with E-state index in [0.717, 1.165) is 44.9 Å². The molecule has 0 aliphatic carbocycles. The molecular weight excluding hydrogens is 572 g/mol. The molecule has 0 spiro atoms. The average Bonchev–Trinajstić information content (AvgIpc) is 3.06. The highest BCUT2D eigenvalue weighted by molar-refractivity contribution is 5.70. The Morgan fingerprint density at radius 1 is 0.500 bits per heavy atom. The van der Waals surface area contributed by atoms with Crippen LogP contribution in [0.2, 0.25) is 0 Å². The summed E-state index contributed by atoms with van der Waals surface area (Å²) in [5.74, 6) is -0.655. The van der Waals surface area contributed by atoms with Crippen LogP contribution in [0.5, 0.6) is 0 Å². The lowest BCUT2D eigenvalue weighted by atomic mass is 10.0. The smallest absolute Gasteiger partial charge is 0.306 e. The van der Waals surface area contributed by atoms with Crippen molar-refractivity contribution >= 4 is 11.9 Å². The molecule has 0 rings (SSSR count). The van der Waals surface area contributed by atoms with Gasteiger partial charge in [0.05, 0.1) is 6.61 Å². The van der Waals surface area contributed by atoms with Gasteiger partial charge in [0, 0.05) is 12.8 Å². The van der Waals surface area contributed by atoms with E-state index in [1.54, 1.807) is 0 Å². The normalized spacial score (nSPS) is 12.7. The number of aliphatic hydroxyl groups is 1. The van der Waals surface area contributed by atoms with Crippen molar-refractivity contribution in [3.05, 3.63) is 48.6 Å². The number of hydrogen-bond donors (Lipinski definition) is 1. The summed E-state index contributed by atoms with van der Waals surface area (Å²) in [5, 5.41) is 9.53. The molecular formula is C41H72O5. The molecule has 46 heavy (non-hydrogen) atoms. The molecule has 1 N–H and O–H groups in total. The Hall–Kier alpha value is -2.14. The molecule has 5 heteroatoms. The van der Waals surface area contributed by atoms with Crippen LogP contribution in [-0.2, 0) is 19.1 Å². The van der Waals surface area contributed by atoms with Crippen molar-refractivity contribution in [2.45, 2.75) is 187 Å². The van der Waals surface area contributed by atoms with Gasteiger partial charge in [0.2, 0.25) is 0 Å². The van der Waals surface area contributed by atoms with E-state index in [1.165, 1.54) is 103 Å². The minimum atomic E-state index is -0.797. The fraction of sp³-hybridized carbons (Fsp3) is 0.756. The Bertz CT molecular complexity index is 782. The summed E-state index contributed by atoms with van der Waals surface area (Å²) < 4.78 is 10.6. The number of aliphatic hydroxyl groups excluding tert-OH is 1. The van der Waals surface area contributed by atoms with Crippen LogP contribution in [0.1, 0.15) is 181 Å². The van der Waals surface area contributed by atoms with Crippen LogP contribution in [0, 0.1) is 0 Å². The lowest BCUT2D eigenvalue weighted by Crippen LogP contribution is -2.28. The summed E-state index contributed by atoms with van der Waals surface area (Å²) in [7, 11) is 0. The summed E-state index contributed by atoms with van der Waals surface area (Å²) in [6.45, 7) is 4.06. The number of esters is 2. The highest BCUT2D eigenvalue weighted by atomic mass is 16.6. The van der Waals surface area contributed by atoms with Crippen LogP contribution in [0.3, 0.4) is 0 Å². The minimum absolute atomic E-state index is 0.0863. The van der Waals surface area contributed by atoms with Gasteiger partial charge in [-0.15, -0.1) is 0 Å². The third kappa shape index (κ3) is 34.7. The standard InChI is InChI=1S/C41H72O5/c1-3-5-7-9-11-13-15-17-19-20-22-24-26-28-30-32-34-36-41(44)46-39(37-42)38-45-40(43)35-33-31-29-27-25-23-21-18-16-14-12-10-8-6-4-2/h11,13,17,19,22,24,28,30,39,42H,3-10,12,14-16,18,20-21,23,25-27,29,31-38H2,1-2H3/b13-11-,19-17-,24-22-,30-28?. The van der Waals surface area contributed by atoms with E-state index < -0.39 is 6.10 Å². The van der Waals surface area contributed by atoms with Gasteiger partial charge >= 0.3 is 11.9 Å². The number of unbranched alkanes of at least 4 members (excludes halogenated alkanes) is 18. The predicted octanol–water partition coefficient (Wildman–Crippen LogP) is 11.8. The van der Waals surface area contributed by atoms with Gasteiger partial charge in [0.1, 0.15) is 6.61 Å². The van der Waals surface area contributed by atoms with Crippen LogP contribution in [0.4, 0.5) is 0 Å². The SMILES string of the molecule is CCCCC/C=C\C/C=C\C/C=C\CC=CCCCC(=O)OC(CO)COC(=O)CCCCCCCCCCCCCCCCC. The van der Waals surface area contributed by atoms with Crippen molar-refractivity contribution in [2.24, 2.45) is 0 Å². The van der Waals surface area contributed by atoms with Gasteiger partial charge in [-0.2, -0.15) is 0 Å². The third-order valence-electron chi connectivity index (χ3n) is 8.13. The highest BCUT2D eigenvalue weighted by Crippen LogP contribution is 2.14. The minimum Gasteiger partial charge on any atom is -0.462 e. The number of carbonyl (C=O) groups is 2. The summed E-state index contributed by atoms with van der Waals surface area (Å²) in [4.78, 5) is 24.2. The van der Waals surface area contributed by atoms with E-state index in [4.69, 9.17) is 9.47 Å². The van der Waals surface area contributed by atoms with Gasteiger partial charge in [-0.3, -0.25) is 9.59 Å². The number of rotatable bonds is 34. The van der Waals surface area contributed by atoms with Gasteiger partial charge in [-0.05, 0) is 51.4 Å². The van der Waals surface area contributed by atoms with E-state index in [1.807, 2.05) is 0 Å². The second-order valence-electron chi connectivity index (χ2n) is 12.7. The van der Waals surface area contributed by atoms with E-state index in [-0.39, 0.29) is 31.6 Å². The largest absolute Gasteiger partial charge is 0.462 e. The van der Waals surface area contributed by atoms with Crippen LogP contribution in [-0.4, -0.2) is 36.4 Å². The van der Waals surface area contributed by atoms with Gasteiger partial charge in [0.25, 0.3) is 0 Å². The fourth-order valence-corrected chi connectivity index (χ4v) is 5.19. The predicted molar refractivity (Wildman–Crippen MR) is 196 cm³/mol. The molecule has 0 aromatic heterocycles. The maximum atomic E-state index is 12.1. The molecule has 0 saturated heterocycles. The molecule has 0 aromatic rings. The van der Waals surface area contributed by atoms with Crippen molar-refractivity contribution in [3.63, 3.8) is 0 Å². The van der Waals surface area contributed by atoms with Crippen LogP contribution < -0.4 is 0 Å². The maximum Gasteiger partial charge on any atom is 0.306 e. The Morgan fingerprint density at radius 2 is 0.891 bits per heavy atom. The summed E-state index contributed by atoms with van der Waals surface area (Å²) in [6, 6.07) is 0. The van der Waals surface area contributed by atoms with E-state index in [2.05, 4.69) is 62.5 Å². The Morgan fingerprint density at radius 3 is 1.37 bits per heavy atom. The second kappa shape index (κ2) is 37.3. The lowest BCUT2D eigenvalue weighted by Gasteiger charge is -2.15. The molecule has 0 aliphatic heterocycles. The number of hydrogen-bond acceptors (Lipinski definition) is 5. The first-order chi connectivity index (χ1) is 22.6. The maximum absolute atomic E-state index is 12.1. The zero-order valence-corrected chi connectivity index (χ0v) is 30.1. The second-order valence-corrected chi connectivity index (χ2v) is 12.7.